The fourth-order valence-electron chi connectivity index (χ4n) is 1.26. The van der Waals surface area contributed by atoms with Crippen molar-refractivity contribution in [2.24, 2.45) is 0 Å². The zero-order chi connectivity index (χ0) is 10.9. The quantitative estimate of drug-likeness (QED) is 0.698. The first-order chi connectivity index (χ1) is 7.07. The van der Waals surface area contributed by atoms with Crippen LogP contribution >= 0.6 is 0 Å². The van der Waals surface area contributed by atoms with Gasteiger partial charge in [0, 0.05) is 32.6 Å². The molecule has 1 radical (unpaired) electrons. The molecule has 0 aromatic carbocycles. The van der Waals surface area contributed by atoms with Gasteiger partial charge in [-0.1, -0.05) is 44.8 Å². The third-order valence-electron chi connectivity index (χ3n) is 2.19. The van der Waals surface area contributed by atoms with Crippen molar-refractivity contribution in [2.75, 3.05) is 0 Å². The van der Waals surface area contributed by atoms with Crippen LogP contribution in [0.15, 0.2) is 30.6 Å². The molecule has 0 aliphatic heterocycles. The van der Waals surface area contributed by atoms with Crippen LogP contribution in [0.1, 0.15) is 26.5 Å². The van der Waals surface area contributed by atoms with Crippen molar-refractivity contribution in [3.63, 3.8) is 0 Å². The molecule has 4 heteroatoms. The Morgan fingerprint density at radius 3 is 2.50 bits per heavy atom. The van der Waals surface area contributed by atoms with E-state index in [1.165, 1.54) is 0 Å². The number of nitrogens with zero attached hydrogens (tertiary/aromatic N) is 3. The van der Waals surface area contributed by atoms with Gasteiger partial charge in [-0.25, -0.2) is 0 Å². The predicted octanol–water partition coefficient (Wildman–Crippen LogP) is 2.36. The minimum atomic E-state index is 0. The number of pyridine rings is 1. The van der Waals surface area contributed by atoms with Gasteiger partial charge >= 0.3 is 0 Å². The van der Waals surface area contributed by atoms with Crippen molar-refractivity contribution < 1.29 is 20.1 Å². The van der Waals surface area contributed by atoms with E-state index in [4.69, 9.17) is 0 Å². The maximum absolute atomic E-state index is 4.26. The molecule has 16 heavy (non-hydrogen) atoms. The van der Waals surface area contributed by atoms with Crippen LogP contribution in [0.5, 0.6) is 0 Å². The van der Waals surface area contributed by atoms with Gasteiger partial charge in [-0.15, -0.1) is 0 Å². The molecule has 3 nitrogen and oxygen atoms in total. The zero-order valence-electron chi connectivity index (χ0n) is 9.56. The third kappa shape index (κ3) is 2.77. The largest absolute Gasteiger partial charge is 0.418 e. The Morgan fingerprint density at radius 2 is 2.00 bits per heavy atom. The minimum absolute atomic E-state index is 0. The second kappa shape index (κ2) is 4.89. The summed E-state index contributed by atoms with van der Waals surface area (Å²) in [6, 6.07) is 5.78. The molecule has 0 N–H and O–H groups in total. The van der Waals surface area contributed by atoms with Gasteiger partial charge in [-0.2, -0.15) is 0 Å². The molecular weight excluding hydrogens is 378 g/mol. The van der Waals surface area contributed by atoms with E-state index in [0.717, 1.165) is 11.5 Å². The minimum Gasteiger partial charge on any atom is -0.418 e. The van der Waals surface area contributed by atoms with E-state index in [9.17, 15) is 0 Å². The first-order valence-corrected chi connectivity index (χ1v) is 4.96. The molecule has 0 saturated heterocycles. The maximum atomic E-state index is 4.26. The number of rotatable bonds is 1. The molecular formula is C12H14IrN3-. The summed E-state index contributed by atoms with van der Waals surface area (Å²) in [5.74, 6) is 0.848. The summed E-state index contributed by atoms with van der Waals surface area (Å²) in [6.45, 7) is 6.39. The Balaban J connectivity index is 0.00000128. The average molecular weight is 392 g/mol. The van der Waals surface area contributed by atoms with Crippen molar-refractivity contribution in [3.05, 3.63) is 42.6 Å². The summed E-state index contributed by atoms with van der Waals surface area (Å²) < 4.78 is 1.82. The van der Waals surface area contributed by atoms with Gasteiger partial charge < -0.3 is 9.55 Å². The van der Waals surface area contributed by atoms with E-state index in [-0.39, 0.29) is 25.5 Å². The molecule has 0 fully saturated rings. The monoisotopic (exact) mass is 393 g/mol. The van der Waals surface area contributed by atoms with E-state index in [0.29, 0.717) is 0 Å². The summed E-state index contributed by atoms with van der Waals surface area (Å²) in [5, 5.41) is 0. The number of aromatic nitrogens is 3. The van der Waals surface area contributed by atoms with Crippen LogP contribution in [0.3, 0.4) is 0 Å². The second-order valence-corrected chi connectivity index (χ2v) is 4.53. The van der Waals surface area contributed by atoms with Gasteiger partial charge in [-0.05, 0) is 11.5 Å². The van der Waals surface area contributed by atoms with Crippen LogP contribution in [0.4, 0.5) is 0 Å². The van der Waals surface area contributed by atoms with Crippen LogP contribution in [0, 0.1) is 6.33 Å². The van der Waals surface area contributed by atoms with E-state index in [2.05, 4.69) is 37.1 Å². The van der Waals surface area contributed by atoms with Crippen LogP contribution < -0.4 is 0 Å². The molecule has 0 saturated carbocycles. The summed E-state index contributed by atoms with van der Waals surface area (Å²) in [4.78, 5) is 8.50. The van der Waals surface area contributed by atoms with Crippen LogP contribution in [-0.2, 0) is 25.5 Å². The van der Waals surface area contributed by atoms with Crippen molar-refractivity contribution in [1.82, 2.24) is 14.5 Å². The summed E-state index contributed by atoms with van der Waals surface area (Å²) in [5.41, 5.74) is 1.07. The Labute approximate surface area is 109 Å². The fraction of sp³-hybridized carbons (Fsp3) is 0.333. The predicted molar refractivity (Wildman–Crippen MR) is 58.9 cm³/mol. The zero-order valence-corrected chi connectivity index (χ0v) is 12.0. The van der Waals surface area contributed by atoms with Gasteiger partial charge in [0.25, 0.3) is 0 Å². The van der Waals surface area contributed by atoms with E-state index in [1.54, 1.807) is 6.20 Å². The number of hydrogen-bond acceptors (Lipinski definition) is 2. The molecule has 0 unspecified atom stereocenters. The second-order valence-electron chi connectivity index (χ2n) is 4.53. The van der Waals surface area contributed by atoms with E-state index >= 15 is 0 Å². The van der Waals surface area contributed by atoms with Gasteiger partial charge in [0.2, 0.25) is 0 Å². The Morgan fingerprint density at radius 1 is 1.25 bits per heavy atom. The van der Waals surface area contributed by atoms with Gasteiger partial charge in [0.1, 0.15) is 0 Å². The third-order valence-corrected chi connectivity index (χ3v) is 2.19. The van der Waals surface area contributed by atoms with Crippen LogP contribution in [0.25, 0.3) is 5.82 Å². The van der Waals surface area contributed by atoms with E-state index < -0.39 is 0 Å². The molecule has 2 heterocycles. The Kier molecular flexibility index (Phi) is 4.00. The van der Waals surface area contributed by atoms with Crippen LogP contribution in [-0.4, -0.2) is 14.5 Å². The van der Waals surface area contributed by atoms with Gasteiger partial charge in [0.05, 0.1) is 5.82 Å². The molecule has 0 aliphatic rings. The van der Waals surface area contributed by atoms with Crippen molar-refractivity contribution >= 4 is 0 Å². The van der Waals surface area contributed by atoms with Gasteiger partial charge in [0.15, 0.2) is 0 Å². The first-order valence-electron chi connectivity index (χ1n) is 4.96. The maximum Gasteiger partial charge on any atom is 0.0547 e. The number of imidazole rings is 1. The standard InChI is InChI=1S/C12H14N3.Ir/c1-12(2,3)10-8-15(9-14-10)11-6-4-5-7-13-11;/h4-8H,1-3H3;/q-1;. The SMILES string of the molecule is CC(C)(C)c1cn(-c2ccccn2)[c-]n1.[Ir]. The van der Waals surface area contributed by atoms with Crippen molar-refractivity contribution in [3.8, 4) is 5.82 Å². The molecule has 2 aromatic heterocycles. The molecule has 0 aliphatic carbocycles. The summed E-state index contributed by atoms with van der Waals surface area (Å²) >= 11 is 0. The molecule has 0 atom stereocenters. The summed E-state index contributed by atoms with van der Waals surface area (Å²) in [7, 11) is 0. The summed E-state index contributed by atoms with van der Waals surface area (Å²) in [6.07, 6.45) is 6.67. The molecule has 2 aromatic rings. The Bertz CT molecular complexity index is 443. The molecule has 0 bridgehead atoms. The average Bonchev–Trinajstić information content (AvgIpc) is 2.67. The molecule has 2 rings (SSSR count). The topological polar surface area (TPSA) is 30.7 Å². The van der Waals surface area contributed by atoms with E-state index in [1.807, 2.05) is 29.0 Å². The number of hydrogen-bond donors (Lipinski definition) is 0. The van der Waals surface area contributed by atoms with Crippen molar-refractivity contribution in [2.45, 2.75) is 26.2 Å². The molecule has 0 amide bonds. The molecule has 0 spiro atoms. The van der Waals surface area contributed by atoms with Crippen molar-refractivity contribution in [1.29, 1.82) is 0 Å². The smallest absolute Gasteiger partial charge is 0.0547 e. The first kappa shape index (κ1) is 13.1. The Hall–Kier alpha value is -0.991. The van der Waals surface area contributed by atoms with Crippen LogP contribution in [0.2, 0.25) is 0 Å². The van der Waals surface area contributed by atoms with Gasteiger partial charge in [-0.3, -0.25) is 4.98 Å². The normalized spacial score (nSPS) is 10.9. The fourth-order valence-corrected chi connectivity index (χ4v) is 1.26. The molecule has 87 valence electrons.